The van der Waals surface area contributed by atoms with Crippen LogP contribution in [0.5, 0.6) is 0 Å². The summed E-state index contributed by atoms with van der Waals surface area (Å²) in [5.74, 6) is 1.57. The second-order valence-electron chi connectivity index (χ2n) is 6.29. The molecule has 22 heavy (non-hydrogen) atoms. The molecule has 3 heterocycles. The molecule has 5 heteroatoms. The molecule has 4 nitrogen and oxygen atoms in total. The molecule has 0 spiro atoms. The first-order valence-electron chi connectivity index (χ1n) is 8.09. The number of nitrogens with zero attached hydrogens (tertiary/aromatic N) is 2. The van der Waals surface area contributed by atoms with Gasteiger partial charge in [-0.2, -0.15) is 0 Å². The third-order valence-electron chi connectivity index (χ3n) is 4.93. The van der Waals surface area contributed by atoms with Crippen LogP contribution in [0.2, 0.25) is 0 Å². The Morgan fingerprint density at radius 1 is 1.36 bits per heavy atom. The Kier molecular flexibility index (Phi) is 3.74. The van der Waals surface area contributed by atoms with Crippen LogP contribution in [-0.4, -0.2) is 28.4 Å². The summed E-state index contributed by atoms with van der Waals surface area (Å²) in [6.07, 6.45) is 8.22. The third kappa shape index (κ3) is 2.58. The number of carbonyl (C=O) groups is 1. The van der Waals surface area contributed by atoms with Gasteiger partial charge in [0.2, 0.25) is 11.8 Å². The first kappa shape index (κ1) is 14.0. The fraction of sp³-hybridized carbons (Fsp3) is 0.529. The van der Waals surface area contributed by atoms with Crippen LogP contribution in [0, 0.1) is 5.92 Å². The van der Waals surface area contributed by atoms with Gasteiger partial charge in [-0.1, -0.05) is 12.5 Å². The van der Waals surface area contributed by atoms with E-state index in [1.807, 2.05) is 17.5 Å². The quantitative estimate of drug-likeness (QED) is 0.863. The summed E-state index contributed by atoms with van der Waals surface area (Å²) in [6.45, 7) is 0.912. The molecule has 0 bridgehead atoms. The maximum atomic E-state index is 12.6. The summed E-state index contributed by atoms with van der Waals surface area (Å²) in [7, 11) is 0. The Hall–Kier alpha value is -1.62. The van der Waals surface area contributed by atoms with Gasteiger partial charge in [0.05, 0.1) is 17.0 Å². The van der Waals surface area contributed by atoms with E-state index in [0.717, 1.165) is 29.5 Å². The molecular formula is C17H20N2O2S. The maximum absolute atomic E-state index is 12.6. The van der Waals surface area contributed by atoms with E-state index in [4.69, 9.17) is 4.42 Å². The molecule has 0 N–H and O–H groups in total. The molecule has 2 aromatic rings. The van der Waals surface area contributed by atoms with Crippen molar-refractivity contribution in [3.05, 3.63) is 29.5 Å². The Morgan fingerprint density at radius 3 is 3.00 bits per heavy atom. The van der Waals surface area contributed by atoms with Crippen molar-refractivity contribution in [1.29, 1.82) is 0 Å². The standard InChI is InChI=1S/C17H20N2O2S/c20-16(19-8-2-6-14(19)12-4-1-5-12)10-13-11-21-17(18-13)15-7-3-9-22-15/h3,7,9,11-12,14H,1-2,4-6,8,10H2/t14-/m0/s1. The van der Waals surface area contributed by atoms with Crippen molar-refractivity contribution >= 4 is 17.2 Å². The predicted molar refractivity (Wildman–Crippen MR) is 85.6 cm³/mol. The highest BCUT2D eigenvalue weighted by Gasteiger charge is 2.37. The zero-order chi connectivity index (χ0) is 14.9. The van der Waals surface area contributed by atoms with Crippen LogP contribution in [0.1, 0.15) is 37.8 Å². The van der Waals surface area contributed by atoms with Gasteiger partial charge in [0.1, 0.15) is 6.26 Å². The number of amides is 1. The van der Waals surface area contributed by atoms with E-state index in [9.17, 15) is 4.79 Å². The molecule has 0 unspecified atom stereocenters. The molecule has 1 aliphatic carbocycles. The van der Waals surface area contributed by atoms with Gasteiger partial charge in [-0.3, -0.25) is 4.79 Å². The van der Waals surface area contributed by atoms with Crippen LogP contribution >= 0.6 is 11.3 Å². The van der Waals surface area contributed by atoms with Crippen molar-refractivity contribution in [3.8, 4) is 10.8 Å². The number of oxazole rings is 1. The number of carbonyl (C=O) groups excluding carboxylic acids is 1. The van der Waals surface area contributed by atoms with E-state index in [0.29, 0.717) is 18.4 Å². The molecule has 1 saturated carbocycles. The van der Waals surface area contributed by atoms with Crippen molar-refractivity contribution in [2.45, 2.75) is 44.6 Å². The van der Waals surface area contributed by atoms with E-state index in [1.54, 1.807) is 17.6 Å². The molecule has 2 aliphatic rings. The molecular weight excluding hydrogens is 296 g/mol. The highest BCUT2D eigenvalue weighted by Crippen LogP contribution is 2.37. The monoisotopic (exact) mass is 316 g/mol. The van der Waals surface area contributed by atoms with Crippen molar-refractivity contribution < 1.29 is 9.21 Å². The minimum Gasteiger partial charge on any atom is -0.444 e. The summed E-state index contributed by atoms with van der Waals surface area (Å²) in [5.41, 5.74) is 0.743. The van der Waals surface area contributed by atoms with Crippen molar-refractivity contribution in [1.82, 2.24) is 9.88 Å². The molecule has 1 amide bonds. The summed E-state index contributed by atoms with van der Waals surface area (Å²) in [4.78, 5) is 20.2. The number of rotatable bonds is 4. The zero-order valence-corrected chi connectivity index (χ0v) is 13.3. The van der Waals surface area contributed by atoms with Crippen LogP contribution in [-0.2, 0) is 11.2 Å². The SMILES string of the molecule is O=C(Cc1coc(-c2cccs2)n1)N1CCC[C@H]1C1CCC1. The Balaban J connectivity index is 1.43. The lowest BCUT2D eigenvalue weighted by Gasteiger charge is -2.37. The first-order chi connectivity index (χ1) is 10.8. The molecule has 1 saturated heterocycles. The number of aromatic nitrogens is 1. The van der Waals surface area contributed by atoms with Gasteiger partial charge in [-0.15, -0.1) is 11.3 Å². The van der Waals surface area contributed by atoms with Gasteiger partial charge in [0, 0.05) is 12.6 Å². The molecule has 2 aromatic heterocycles. The average molecular weight is 316 g/mol. The maximum Gasteiger partial charge on any atom is 0.236 e. The highest BCUT2D eigenvalue weighted by molar-refractivity contribution is 7.13. The number of thiophene rings is 1. The summed E-state index contributed by atoms with van der Waals surface area (Å²) >= 11 is 1.60. The van der Waals surface area contributed by atoms with Gasteiger partial charge in [0.25, 0.3) is 0 Å². The fourth-order valence-electron chi connectivity index (χ4n) is 3.57. The third-order valence-corrected chi connectivity index (χ3v) is 5.79. The van der Waals surface area contributed by atoms with Crippen molar-refractivity contribution in [2.24, 2.45) is 5.92 Å². The molecule has 1 atom stereocenters. The molecule has 1 aliphatic heterocycles. The molecule has 4 rings (SSSR count). The minimum absolute atomic E-state index is 0.209. The lowest BCUT2D eigenvalue weighted by atomic mass is 9.79. The minimum atomic E-state index is 0.209. The Morgan fingerprint density at radius 2 is 2.27 bits per heavy atom. The van der Waals surface area contributed by atoms with Crippen LogP contribution in [0.3, 0.4) is 0 Å². The topological polar surface area (TPSA) is 46.3 Å². The van der Waals surface area contributed by atoms with Crippen LogP contribution in [0.4, 0.5) is 0 Å². The fourth-order valence-corrected chi connectivity index (χ4v) is 4.23. The summed E-state index contributed by atoms with van der Waals surface area (Å²) in [6, 6.07) is 4.43. The average Bonchev–Trinajstić information content (AvgIpc) is 3.17. The van der Waals surface area contributed by atoms with Gasteiger partial charge in [0.15, 0.2) is 0 Å². The zero-order valence-electron chi connectivity index (χ0n) is 12.5. The second kappa shape index (κ2) is 5.88. The summed E-state index contributed by atoms with van der Waals surface area (Å²) in [5, 5.41) is 2.00. The lowest BCUT2D eigenvalue weighted by Crippen LogP contribution is -2.43. The Labute approximate surface area is 134 Å². The van der Waals surface area contributed by atoms with Gasteiger partial charge in [-0.05, 0) is 43.0 Å². The smallest absolute Gasteiger partial charge is 0.236 e. The molecule has 0 aromatic carbocycles. The molecule has 116 valence electrons. The van der Waals surface area contributed by atoms with E-state index in [2.05, 4.69) is 9.88 Å². The van der Waals surface area contributed by atoms with Gasteiger partial charge < -0.3 is 9.32 Å². The van der Waals surface area contributed by atoms with Crippen LogP contribution in [0.25, 0.3) is 10.8 Å². The number of likely N-dealkylation sites (tertiary alicyclic amines) is 1. The van der Waals surface area contributed by atoms with Gasteiger partial charge >= 0.3 is 0 Å². The Bertz CT molecular complexity index is 645. The van der Waals surface area contributed by atoms with E-state index in [1.165, 1.54) is 25.7 Å². The summed E-state index contributed by atoms with van der Waals surface area (Å²) < 4.78 is 5.51. The first-order valence-corrected chi connectivity index (χ1v) is 8.97. The van der Waals surface area contributed by atoms with E-state index < -0.39 is 0 Å². The van der Waals surface area contributed by atoms with E-state index in [-0.39, 0.29) is 5.91 Å². The van der Waals surface area contributed by atoms with Crippen molar-refractivity contribution in [3.63, 3.8) is 0 Å². The predicted octanol–water partition coefficient (Wildman–Crippen LogP) is 3.74. The van der Waals surface area contributed by atoms with Crippen LogP contribution in [0.15, 0.2) is 28.2 Å². The van der Waals surface area contributed by atoms with Crippen molar-refractivity contribution in [2.75, 3.05) is 6.54 Å². The molecule has 0 radical (unpaired) electrons. The molecule has 2 fully saturated rings. The number of hydrogen-bond acceptors (Lipinski definition) is 4. The largest absolute Gasteiger partial charge is 0.444 e. The number of hydrogen-bond donors (Lipinski definition) is 0. The highest BCUT2D eigenvalue weighted by atomic mass is 32.1. The second-order valence-corrected chi connectivity index (χ2v) is 7.23. The van der Waals surface area contributed by atoms with Crippen LogP contribution < -0.4 is 0 Å². The van der Waals surface area contributed by atoms with E-state index >= 15 is 0 Å². The lowest BCUT2D eigenvalue weighted by molar-refractivity contribution is -0.132. The normalized spacial score (nSPS) is 22.0. The van der Waals surface area contributed by atoms with Gasteiger partial charge in [-0.25, -0.2) is 4.98 Å².